The number of hydrogen-bond donors (Lipinski definition) is 0. The third-order valence-corrected chi connectivity index (χ3v) is 5.37. The quantitative estimate of drug-likeness (QED) is 0.824. The van der Waals surface area contributed by atoms with Crippen molar-refractivity contribution in [2.75, 3.05) is 13.1 Å². The van der Waals surface area contributed by atoms with Crippen LogP contribution in [0.3, 0.4) is 0 Å². The second kappa shape index (κ2) is 7.61. The van der Waals surface area contributed by atoms with Crippen LogP contribution in [-0.4, -0.2) is 50.2 Å². The van der Waals surface area contributed by atoms with E-state index in [1.165, 1.54) is 0 Å². The Bertz CT molecular complexity index is 772. The van der Waals surface area contributed by atoms with Gasteiger partial charge in [-0.15, -0.1) is 5.10 Å². The van der Waals surface area contributed by atoms with Crippen LogP contribution in [0.5, 0.6) is 5.75 Å². The highest BCUT2D eigenvalue weighted by molar-refractivity contribution is 6.30. The predicted molar refractivity (Wildman–Crippen MR) is 96.1 cm³/mol. The summed E-state index contributed by atoms with van der Waals surface area (Å²) in [4.78, 5) is 15.0. The lowest BCUT2D eigenvalue weighted by Crippen LogP contribution is -2.44. The van der Waals surface area contributed by atoms with Crippen LogP contribution in [0.15, 0.2) is 24.3 Å². The van der Waals surface area contributed by atoms with Gasteiger partial charge in [0.2, 0.25) is 5.91 Å². The first-order valence-corrected chi connectivity index (χ1v) is 9.55. The summed E-state index contributed by atoms with van der Waals surface area (Å²) in [6.45, 7) is 2.19. The van der Waals surface area contributed by atoms with Crippen LogP contribution in [-0.2, 0) is 11.3 Å². The van der Waals surface area contributed by atoms with Crippen molar-refractivity contribution in [3.05, 3.63) is 35.1 Å². The van der Waals surface area contributed by atoms with E-state index in [1.54, 1.807) is 4.68 Å². The van der Waals surface area contributed by atoms with Gasteiger partial charge in [-0.25, -0.2) is 4.68 Å². The lowest BCUT2D eigenvalue weighted by molar-refractivity contribution is -0.135. The molecule has 4 rings (SSSR count). The Morgan fingerprint density at radius 2 is 2.00 bits per heavy atom. The van der Waals surface area contributed by atoms with Crippen molar-refractivity contribution in [1.82, 2.24) is 25.1 Å². The van der Waals surface area contributed by atoms with Crippen LogP contribution in [0.1, 0.15) is 43.8 Å². The molecule has 1 aromatic heterocycles. The van der Waals surface area contributed by atoms with Gasteiger partial charge >= 0.3 is 0 Å². The summed E-state index contributed by atoms with van der Waals surface area (Å²) in [6.07, 6.45) is 4.58. The summed E-state index contributed by atoms with van der Waals surface area (Å²) in [5.74, 6) is 1.41. The van der Waals surface area contributed by atoms with Crippen LogP contribution in [0.2, 0.25) is 5.02 Å². The molecule has 0 saturated carbocycles. The summed E-state index contributed by atoms with van der Waals surface area (Å²) in [7, 11) is 0. The number of nitrogens with zero attached hydrogens (tertiary/aromatic N) is 5. The molecule has 1 amide bonds. The lowest BCUT2D eigenvalue weighted by atomic mass is 9.98. The fraction of sp³-hybridized carbons (Fsp3) is 0.556. The van der Waals surface area contributed by atoms with Gasteiger partial charge in [0.25, 0.3) is 0 Å². The molecule has 0 unspecified atom stereocenters. The first-order chi connectivity index (χ1) is 12.7. The summed E-state index contributed by atoms with van der Waals surface area (Å²) >= 11 is 6.01. The molecule has 1 fully saturated rings. The minimum atomic E-state index is -0.224. The number of hydrogen-bond acceptors (Lipinski definition) is 5. The lowest BCUT2D eigenvalue weighted by Gasteiger charge is -2.34. The number of piperidine rings is 1. The number of amides is 1. The van der Waals surface area contributed by atoms with Gasteiger partial charge < -0.3 is 9.64 Å². The molecule has 2 aromatic rings. The maximum absolute atomic E-state index is 13.0. The van der Waals surface area contributed by atoms with Crippen molar-refractivity contribution in [3.8, 4) is 5.75 Å². The normalized spacial score (nSPS) is 21.1. The summed E-state index contributed by atoms with van der Waals surface area (Å²) < 4.78 is 7.80. The molecule has 1 saturated heterocycles. The van der Waals surface area contributed by atoms with Gasteiger partial charge in [-0.1, -0.05) is 24.1 Å². The topological polar surface area (TPSA) is 73.1 Å². The molecule has 0 spiro atoms. The van der Waals surface area contributed by atoms with Crippen molar-refractivity contribution in [3.63, 3.8) is 0 Å². The number of carbonyl (C=O) groups excluding carboxylic acids is 1. The Labute approximate surface area is 157 Å². The monoisotopic (exact) mass is 375 g/mol. The molecule has 7 nitrogen and oxygen atoms in total. The van der Waals surface area contributed by atoms with Gasteiger partial charge in [0.1, 0.15) is 11.9 Å². The Kier molecular flexibility index (Phi) is 5.06. The molecule has 0 radical (unpaired) electrons. The largest absolute Gasteiger partial charge is 0.490 e. The maximum Gasteiger partial charge on any atom is 0.233 e. The van der Waals surface area contributed by atoms with E-state index in [0.29, 0.717) is 23.9 Å². The zero-order valence-corrected chi connectivity index (χ0v) is 15.3. The van der Waals surface area contributed by atoms with Crippen LogP contribution < -0.4 is 4.74 Å². The highest BCUT2D eigenvalue weighted by Crippen LogP contribution is 2.28. The number of halogens is 1. The molecule has 3 heterocycles. The third kappa shape index (κ3) is 3.67. The van der Waals surface area contributed by atoms with E-state index >= 15 is 0 Å². The van der Waals surface area contributed by atoms with Crippen molar-refractivity contribution in [2.24, 2.45) is 0 Å². The number of benzene rings is 1. The second-order valence-electron chi connectivity index (χ2n) is 6.91. The van der Waals surface area contributed by atoms with Gasteiger partial charge in [0.05, 0.1) is 5.92 Å². The number of aromatic nitrogens is 4. The van der Waals surface area contributed by atoms with Gasteiger partial charge in [-0.2, -0.15) is 0 Å². The van der Waals surface area contributed by atoms with E-state index < -0.39 is 0 Å². The van der Waals surface area contributed by atoms with E-state index in [9.17, 15) is 4.79 Å². The first kappa shape index (κ1) is 17.3. The molecule has 1 aromatic carbocycles. The number of tetrazole rings is 1. The summed E-state index contributed by atoms with van der Waals surface area (Å²) in [6, 6.07) is 7.45. The number of carbonyl (C=O) groups is 1. The number of aryl methyl sites for hydroxylation is 1. The molecule has 2 aliphatic rings. The van der Waals surface area contributed by atoms with Crippen LogP contribution in [0, 0.1) is 0 Å². The smallest absolute Gasteiger partial charge is 0.233 e. The first-order valence-electron chi connectivity index (χ1n) is 9.18. The van der Waals surface area contributed by atoms with Crippen LogP contribution in [0.4, 0.5) is 0 Å². The molecule has 138 valence electrons. The maximum atomic E-state index is 13.0. The average Bonchev–Trinajstić information content (AvgIpc) is 3.01. The van der Waals surface area contributed by atoms with Crippen molar-refractivity contribution < 1.29 is 9.53 Å². The van der Waals surface area contributed by atoms with Gasteiger partial charge in [0.15, 0.2) is 5.82 Å². The van der Waals surface area contributed by atoms with Crippen molar-refractivity contribution in [1.29, 1.82) is 0 Å². The zero-order chi connectivity index (χ0) is 17.9. The Morgan fingerprint density at radius 3 is 2.81 bits per heavy atom. The zero-order valence-electron chi connectivity index (χ0n) is 14.6. The molecule has 0 bridgehead atoms. The minimum absolute atomic E-state index is 0.108. The predicted octanol–water partition coefficient (Wildman–Crippen LogP) is 2.66. The molecule has 0 N–H and O–H groups in total. The van der Waals surface area contributed by atoms with E-state index in [-0.39, 0.29) is 17.9 Å². The number of ether oxygens (including phenoxy) is 1. The highest BCUT2D eigenvalue weighted by Gasteiger charge is 2.33. The van der Waals surface area contributed by atoms with Gasteiger partial charge in [-0.05, 0) is 41.5 Å². The number of fused-ring (bicyclic) bond motifs is 1. The Morgan fingerprint density at radius 1 is 1.15 bits per heavy atom. The summed E-state index contributed by atoms with van der Waals surface area (Å²) in [5.41, 5.74) is 0. The van der Waals surface area contributed by atoms with E-state index in [4.69, 9.17) is 16.3 Å². The molecule has 26 heavy (non-hydrogen) atoms. The second-order valence-corrected chi connectivity index (χ2v) is 7.34. The molecular weight excluding hydrogens is 354 g/mol. The van der Waals surface area contributed by atoms with Crippen molar-refractivity contribution >= 4 is 17.5 Å². The van der Waals surface area contributed by atoms with E-state index in [0.717, 1.165) is 44.4 Å². The van der Waals surface area contributed by atoms with Crippen LogP contribution in [0.25, 0.3) is 0 Å². The van der Waals surface area contributed by atoms with Gasteiger partial charge in [0, 0.05) is 37.5 Å². The number of rotatable bonds is 3. The third-order valence-electron chi connectivity index (χ3n) is 5.13. The Hall–Kier alpha value is -2.15. The molecule has 1 atom stereocenters. The van der Waals surface area contributed by atoms with Gasteiger partial charge in [-0.3, -0.25) is 4.79 Å². The summed E-state index contributed by atoms with van der Waals surface area (Å²) in [5, 5.41) is 12.5. The highest BCUT2D eigenvalue weighted by atomic mass is 35.5. The fourth-order valence-corrected chi connectivity index (χ4v) is 3.92. The fourth-order valence-electron chi connectivity index (χ4n) is 3.74. The van der Waals surface area contributed by atoms with Crippen molar-refractivity contribution in [2.45, 2.75) is 50.7 Å². The average molecular weight is 376 g/mol. The molecule has 8 heteroatoms. The molecule has 2 aliphatic heterocycles. The SMILES string of the molecule is O=C([C@H]1CCCCn2nnnc21)N1CCC(Oc2cccc(Cl)c2)CC1. The Balaban J connectivity index is 1.37. The number of likely N-dealkylation sites (tertiary alicyclic amines) is 1. The minimum Gasteiger partial charge on any atom is -0.490 e. The van der Waals surface area contributed by atoms with E-state index in [1.807, 2.05) is 29.2 Å². The molecule has 0 aliphatic carbocycles. The standard InChI is InChI=1S/C18H22ClN5O2/c19-13-4-3-5-15(12-13)26-14-7-10-23(11-8-14)18(25)16-6-1-2-9-24-17(16)20-21-22-24/h3-5,12,14,16H,1-2,6-11H2/t16-/m0/s1. The molecular formula is C18H22ClN5O2. The van der Waals surface area contributed by atoms with E-state index in [2.05, 4.69) is 15.5 Å². The van der Waals surface area contributed by atoms with Crippen LogP contribution >= 0.6 is 11.6 Å².